The molecule has 1 aromatic heterocycles. The van der Waals surface area contributed by atoms with E-state index in [0.29, 0.717) is 5.41 Å². The van der Waals surface area contributed by atoms with Crippen LogP contribution < -0.4 is 0 Å². The first-order valence-corrected chi connectivity index (χ1v) is 12.0. The summed E-state index contributed by atoms with van der Waals surface area (Å²) in [6.07, 6.45) is 15.5. The molecule has 4 rings (SSSR count). The second-order valence-corrected chi connectivity index (χ2v) is 9.95. The molecule has 1 fully saturated rings. The van der Waals surface area contributed by atoms with Gasteiger partial charge in [-0.15, -0.1) is 0 Å². The van der Waals surface area contributed by atoms with Crippen LogP contribution in [-0.4, -0.2) is 59.4 Å². The minimum Gasteiger partial charge on any atom is -0.369 e. The molecule has 5 nitrogen and oxygen atoms in total. The number of ether oxygens (including phenoxy) is 1. The summed E-state index contributed by atoms with van der Waals surface area (Å²) in [5.74, 6) is 0. The van der Waals surface area contributed by atoms with Crippen LogP contribution in [-0.2, 0) is 24.0 Å². The first kappa shape index (κ1) is 21.6. The molecule has 1 atom stereocenters. The average Bonchev–Trinajstić information content (AvgIpc) is 3.13. The van der Waals surface area contributed by atoms with Gasteiger partial charge in [-0.2, -0.15) is 5.10 Å². The van der Waals surface area contributed by atoms with E-state index in [9.17, 15) is 0 Å². The third-order valence-corrected chi connectivity index (χ3v) is 7.15. The van der Waals surface area contributed by atoms with E-state index in [1.54, 1.807) is 7.11 Å². The van der Waals surface area contributed by atoms with Crippen LogP contribution in [0.25, 0.3) is 0 Å². The van der Waals surface area contributed by atoms with Gasteiger partial charge in [0.15, 0.2) is 0 Å². The van der Waals surface area contributed by atoms with E-state index in [1.807, 2.05) is 0 Å². The molecule has 0 spiro atoms. The Morgan fingerprint density at radius 3 is 2.60 bits per heavy atom. The minimum atomic E-state index is 0.0346. The third-order valence-electron chi connectivity index (χ3n) is 7.15. The first-order chi connectivity index (χ1) is 14.5. The summed E-state index contributed by atoms with van der Waals surface area (Å²) in [6.45, 7) is 12.5. The summed E-state index contributed by atoms with van der Waals surface area (Å²) < 4.78 is 7.71. The van der Waals surface area contributed by atoms with Gasteiger partial charge in [0.05, 0.1) is 5.69 Å². The maximum Gasteiger partial charge on any atom is 0.147 e. The fraction of sp³-hybridized carbons (Fsp3) is 0.720. The molecular weight excluding hydrogens is 372 g/mol. The predicted molar refractivity (Wildman–Crippen MR) is 123 cm³/mol. The summed E-state index contributed by atoms with van der Waals surface area (Å²) in [6, 6.07) is 0. The van der Waals surface area contributed by atoms with Crippen molar-refractivity contribution in [2.75, 3.05) is 39.8 Å². The first-order valence-electron chi connectivity index (χ1n) is 12.0. The van der Waals surface area contributed by atoms with E-state index < -0.39 is 0 Å². The number of hydrogen-bond donors (Lipinski definition) is 0. The molecule has 3 aliphatic rings. The van der Waals surface area contributed by atoms with Gasteiger partial charge in [-0.25, -0.2) is 4.68 Å². The number of aromatic nitrogens is 2. The molecule has 0 amide bonds. The highest BCUT2D eigenvalue weighted by Gasteiger charge is 2.24. The zero-order valence-electron chi connectivity index (χ0n) is 19.5. The zero-order chi connectivity index (χ0) is 21.1. The lowest BCUT2D eigenvalue weighted by Crippen LogP contribution is -2.46. The van der Waals surface area contributed by atoms with Crippen molar-refractivity contribution in [3.63, 3.8) is 0 Å². The topological polar surface area (TPSA) is 33.5 Å². The van der Waals surface area contributed by atoms with Gasteiger partial charge in [0.25, 0.3) is 0 Å². The summed E-state index contributed by atoms with van der Waals surface area (Å²) in [5.41, 5.74) is 6.02. The van der Waals surface area contributed by atoms with Crippen molar-refractivity contribution >= 4 is 0 Å². The SMILES string of the molecule is COC(C)n1nc(CCCN2CCN(C3=CCC(C)(C)C=C3)CC2)c2c1CCCC2. The molecule has 30 heavy (non-hydrogen) atoms. The maximum atomic E-state index is 5.56. The monoisotopic (exact) mass is 412 g/mol. The molecule has 1 aromatic rings. The third kappa shape index (κ3) is 4.83. The number of allylic oxidation sites excluding steroid dienone is 3. The van der Waals surface area contributed by atoms with Gasteiger partial charge in [-0.05, 0) is 75.5 Å². The highest BCUT2D eigenvalue weighted by molar-refractivity contribution is 5.29. The molecule has 0 radical (unpaired) electrons. The molecular formula is C25H40N4O. The van der Waals surface area contributed by atoms with Crippen molar-refractivity contribution in [3.05, 3.63) is 40.9 Å². The van der Waals surface area contributed by atoms with Crippen LogP contribution in [0.5, 0.6) is 0 Å². The van der Waals surface area contributed by atoms with Crippen LogP contribution in [0.1, 0.15) is 69.6 Å². The van der Waals surface area contributed by atoms with Crippen LogP contribution in [0.3, 0.4) is 0 Å². The molecule has 5 heteroatoms. The van der Waals surface area contributed by atoms with Crippen LogP contribution in [0.15, 0.2) is 23.9 Å². The Balaban J connectivity index is 1.27. The fourth-order valence-electron chi connectivity index (χ4n) is 5.05. The van der Waals surface area contributed by atoms with Crippen LogP contribution in [0.4, 0.5) is 0 Å². The van der Waals surface area contributed by atoms with E-state index in [-0.39, 0.29) is 6.23 Å². The lowest BCUT2D eigenvalue weighted by Gasteiger charge is -2.38. The average molecular weight is 413 g/mol. The molecule has 2 aliphatic carbocycles. The number of aryl methyl sites for hydroxylation is 1. The van der Waals surface area contributed by atoms with E-state index in [2.05, 4.69) is 53.5 Å². The standard InChI is InChI=1S/C25H40N4O/c1-20(30-4)29-24-10-6-5-8-22(24)23(26-29)9-7-15-27-16-18-28(19-17-27)21-11-13-25(2,3)14-12-21/h11-13,20H,5-10,14-19H2,1-4H3. The predicted octanol–water partition coefficient (Wildman–Crippen LogP) is 4.35. The molecule has 0 aromatic carbocycles. The Labute approximate surface area is 182 Å². The van der Waals surface area contributed by atoms with Crippen molar-refractivity contribution in [1.29, 1.82) is 0 Å². The van der Waals surface area contributed by atoms with E-state index in [0.717, 1.165) is 32.4 Å². The number of hydrogen-bond acceptors (Lipinski definition) is 4. The molecule has 166 valence electrons. The Morgan fingerprint density at radius 1 is 1.13 bits per heavy atom. The molecule has 1 saturated heterocycles. The van der Waals surface area contributed by atoms with Gasteiger partial charge in [0.1, 0.15) is 6.23 Å². The normalized spacial score (nSPS) is 22.7. The summed E-state index contributed by atoms with van der Waals surface area (Å²) in [7, 11) is 1.78. The summed E-state index contributed by atoms with van der Waals surface area (Å²) >= 11 is 0. The van der Waals surface area contributed by atoms with Crippen LogP contribution >= 0.6 is 0 Å². The van der Waals surface area contributed by atoms with Crippen molar-refractivity contribution in [2.24, 2.45) is 5.41 Å². The maximum absolute atomic E-state index is 5.56. The number of rotatable bonds is 7. The zero-order valence-corrected chi connectivity index (χ0v) is 19.5. The summed E-state index contributed by atoms with van der Waals surface area (Å²) in [5, 5.41) is 4.98. The number of methoxy groups -OCH3 is 1. The van der Waals surface area contributed by atoms with Crippen LogP contribution in [0, 0.1) is 5.41 Å². The summed E-state index contributed by atoms with van der Waals surface area (Å²) in [4.78, 5) is 5.20. The molecule has 0 N–H and O–H groups in total. The van der Waals surface area contributed by atoms with Gasteiger partial charge in [0.2, 0.25) is 0 Å². The smallest absolute Gasteiger partial charge is 0.147 e. The molecule has 1 unspecified atom stereocenters. The van der Waals surface area contributed by atoms with E-state index >= 15 is 0 Å². The van der Waals surface area contributed by atoms with Gasteiger partial charge in [-0.1, -0.05) is 26.0 Å². The van der Waals surface area contributed by atoms with Crippen molar-refractivity contribution < 1.29 is 4.74 Å². The molecule has 0 saturated carbocycles. The van der Waals surface area contributed by atoms with Crippen molar-refractivity contribution in [1.82, 2.24) is 19.6 Å². The van der Waals surface area contributed by atoms with Crippen molar-refractivity contribution in [3.8, 4) is 0 Å². The van der Waals surface area contributed by atoms with Crippen molar-refractivity contribution in [2.45, 2.75) is 71.9 Å². The van der Waals surface area contributed by atoms with Gasteiger partial charge in [-0.3, -0.25) is 4.90 Å². The fourth-order valence-corrected chi connectivity index (χ4v) is 5.05. The van der Waals surface area contributed by atoms with Crippen LogP contribution in [0.2, 0.25) is 0 Å². The van der Waals surface area contributed by atoms with Gasteiger partial charge in [0, 0.05) is 44.7 Å². The van der Waals surface area contributed by atoms with Gasteiger partial charge < -0.3 is 9.64 Å². The Kier molecular flexibility index (Phi) is 6.69. The molecule has 1 aliphatic heterocycles. The quantitative estimate of drug-likeness (QED) is 0.667. The minimum absolute atomic E-state index is 0.0346. The molecule has 2 heterocycles. The second kappa shape index (κ2) is 9.27. The number of piperazine rings is 1. The Morgan fingerprint density at radius 2 is 1.90 bits per heavy atom. The van der Waals surface area contributed by atoms with E-state index in [1.165, 1.54) is 68.0 Å². The van der Waals surface area contributed by atoms with E-state index in [4.69, 9.17) is 9.84 Å². The second-order valence-electron chi connectivity index (χ2n) is 9.95. The number of nitrogens with zero attached hydrogens (tertiary/aromatic N) is 4. The lowest BCUT2D eigenvalue weighted by molar-refractivity contribution is 0.0470. The van der Waals surface area contributed by atoms with Gasteiger partial charge >= 0.3 is 0 Å². The highest BCUT2D eigenvalue weighted by Crippen LogP contribution is 2.30. The number of fused-ring (bicyclic) bond motifs is 1. The largest absolute Gasteiger partial charge is 0.369 e. The lowest BCUT2D eigenvalue weighted by atomic mass is 9.85. The Hall–Kier alpha value is -1.59. The highest BCUT2D eigenvalue weighted by atomic mass is 16.5. The Bertz CT molecular complexity index is 783. The molecule has 0 bridgehead atoms.